The van der Waals surface area contributed by atoms with Gasteiger partial charge in [-0.3, -0.25) is 19.9 Å². The fraction of sp³-hybridized carbons (Fsp3) is 0.286. The van der Waals surface area contributed by atoms with Gasteiger partial charge in [0.15, 0.2) is 11.0 Å². The number of rotatable bonds is 9. The van der Waals surface area contributed by atoms with E-state index in [1.807, 2.05) is 54.0 Å². The number of non-ortho nitro benzene ring substituents is 1. The van der Waals surface area contributed by atoms with E-state index >= 15 is 0 Å². The highest BCUT2D eigenvalue weighted by Crippen LogP contribution is 2.45. The minimum absolute atomic E-state index is 0.0502. The Morgan fingerprint density at radius 1 is 1.15 bits per heavy atom. The van der Waals surface area contributed by atoms with Crippen molar-refractivity contribution in [1.82, 2.24) is 19.7 Å². The van der Waals surface area contributed by atoms with Crippen LogP contribution in [0.15, 0.2) is 88.1 Å². The number of pyridine rings is 1. The second-order valence-electron chi connectivity index (χ2n) is 12.4. The molecule has 6 rings (SSSR count). The van der Waals surface area contributed by atoms with Gasteiger partial charge in [0.2, 0.25) is 0 Å². The molecule has 0 saturated carbocycles. The lowest BCUT2D eigenvalue weighted by Gasteiger charge is -2.33. The van der Waals surface area contributed by atoms with Crippen LogP contribution in [0.2, 0.25) is 0 Å². The van der Waals surface area contributed by atoms with Gasteiger partial charge in [-0.25, -0.2) is 4.99 Å². The zero-order valence-electron chi connectivity index (χ0n) is 26.6. The number of hydrogen-bond acceptors (Lipinski definition) is 9. The molecule has 1 aliphatic rings. The fourth-order valence-corrected chi connectivity index (χ4v) is 8.02. The predicted molar refractivity (Wildman–Crippen MR) is 187 cm³/mol. The lowest BCUT2D eigenvalue weighted by atomic mass is 9.72. The molecule has 12 heteroatoms. The fourth-order valence-electron chi connectivity index (χ4n) is 5.78. The van der Waals surface area contributed by atoms with Crippen molar-refractivity contribution in [2.75, 3.05) is 5.32 Å². The highest BCUT2D eigenvalue weighted by atomic mass is 32.2. The van der Waals surface area contributed by atoms with Crippen molar-refractivity contribution >= 4 is 51.6 Å². The van der Waals surface area contributed by atoms with Crippen molar-refractivity contribution in [3.05, 3.63) is 105 Å². The first-order valence-electron chi connectivity index (χ1n) is 15.5. The molecule has 3 heterocycles. The van der Waals surface area contributed by atoms with E-state index in [9.17, 15) is 14.9 Å². The lowest BCUT2D eigenvalue weighted by Crippen LogP contribution is -2.27. The molecular weight excluding hydrogens is 631 g/mol. The number of carbonyl (C=O) groups is 1. The molecule has 10 nitrogen and oxygen atoms in total. The summed E-state index contributed by atoms with van der Waals surface area (Å²) in [5, 5.41) is 25.0. The van der Waals surface area contributed by atoms with Crippen LogP contribution >= 0.6 is 23.1 Å². The van der Waals surface area contributed by atoms with E-state index in [0.717, 1.165) is 35.3 Å². The summed E-state index contributed by atoms with van der Waals surface area (Å²) in [6.07, 6.45) is 7.72. The van der Waals surface area contributed by atoms with Crippen LogP contribution in [-0.2, 0) is 19.4 Å². The Morgan fingerprint density at radius 2 is 1.91 bits per heavy atom. The van der Waals surface area contributed by atoms with E-state index in [2.05, 4.69) is 41.3 Å². The zero-order valence-corrected chi connectivity index (χ0v) is 28.3. The number of nitro benzene ring substituents is 1. The Kier molecular flexibility index (Phi) is 9.33. The summed E-state index contributed by atoms with van der Waals surface area (Å²) >= 11 is 2.90. The first kappa shape index (κ1) is 32.3. The van der Waals surface area contributed by atoms with E-state index in [0.29, 0.717) is 45.3 Å². The summed E-state index contributed by atoms with van der Waals surface area (Å²) < 4.78 is 1.99. The lowest BCUT2D eigenvalue weighted by molar-refractivity contribution is -0.384. The minimum Gasteiger partial charge on any atom is -0.322 e. The predicted octanol–water partition coefficient (Wildman–Crippen LogP) is 8.63. The van der Waals surface area contributed by atoms with Crippen LogP contribution in [0.1, 0.15) is 60.5 Å². The minimum atomic E-state index is -0.420. The van der Waals surface area contributed by atoms with Crippen LogP contribution in [0.25, 0.3) is 11.4 Å². The molecule has 1 N–H and O–H groups in total. The van der Waals surface area contributed by atoms with Crippen molar-refractivity contribution in [2.24, 2.45) is 16.3 Å². The van der Waals surface area contributed by atoms with Crippen molar-refractivity contribution in [3.8, 4) is 11.4 Å². The normalized spacial score (nSPS) is 14.7. The summed E-state index contributed by atoms with van der Waals surface area (Å²) in [5.74, 6) is 0.993. The SMILES string of the molecule is CCn1c(Sc2ccc([N+](=O)[O-])cc2C=Nc2sc3c(c2C(=O)Nc2ccccc2)CC[C@@H](C(C)(C)C)C3)nnc1-c1ccncc1. The maximum absolute atomic E-state index is 13.8. The molecule has 0 fully saturated rings. The molecule has 0 saturated heterocycles. The van der Waals surface area contributed by atoms with Crippen molar-refractivity contribution in [1.29, 1.82) is 0 Å². The average molecular weight is 666 g/mol. The topological polar surface area (TPSA) is 128 Å². The summed E-state index contributed by atoms with van der Waals surface area (Å²) in [7, 11) is 0. The maximum atomic E-state index is 13.8. The number of nitrogens with one attached hydrogen (secondary N) is 1. The molecule has 5 aromatic rings. The van der Waals surface area contributed by atoms with E-state index in [1.165, 1.54) is 40.1 Å². The average Bonchev–Trinajstić information content (AvgIpc) is 3.65. The second-order valence-corrected chi connectivity index (χ2v) is 14.5. The van der Waals surface area contributed by atoms with Crippen LogP contribution in [0, 0.1) is 21.4 Å². The van der Waals surface area contributed by atoms with Gasteiger partial charge in [0.25, 0.3) is 11.6 Å². The molecule has 0 spiro atoms. The standard InChI is InChI=1S/C35H35N7O3S2/c1-5-41-31(22-15-17-36-18-16-22)39-40-34(41)47-28-14-12-26(42(44)45)19-23(28)21-37-33-30(32(43)38-25-9-7-6-8-10-25)27-13-11-24(35(2,3)4)20-29(27)46-33/h6-10,12,14-19,21,24H,5,11,13,20H2,1-4H3,(H,38,43)/t24-/m1/s1. The molecule has 1 amide bonds. The largest absolute Gasteiger partial charge is 0.322 e. The summed E-state index contributed by atoms with van der Waals surface area (Å²) in [6.45, 7) is 9.43. The molecule has 0 aliphatic heterocycles. The van der Waals surface area contributed by atoms with Gasteiger partial charge >= 0.3 is 0 Å². The van der Waals surface area contributed by atoms with Gasteiger partial charge in [0, 0.05) is 63.9 Å². The van der Waals surface area contributed by atoms with E-state index < -0.39 is 4.92 Å². The van der Waals surface area contributed by atoms with Gasteiger partial charge < -0.3 is 9.88 Å². The summed E-state index contributed by atoms with van der Waals surface area (Å²) in [4.78, 5) is 36.1. The third kappa shape index (κ3) is 7.03. The molecule has 3 aromatic heterocycles. The molecular formula is C35H35N7O3S2. The van der Waals surface area contributed by atoms with Crippen LogP contribution in [0.3, 0.4) is 0 Å². The number of nitrogens with zero attached hydrogens (tertiary/aromatic N) is 6. The number of aromatic nitrogens is 4. The Morgan fingerprint density at radius 3 is 2.62 bits per heavy atom. The number of amides is 1. The monoisotopic (exact) mass is 665 g/mol. The second kappa shape index (κ2) is 13.6. The third-order valence-electron chi connectivity index (χ3n) is 8.43. The molecule has 0 bridgehead atoms. The van der Waals surface area contributed by atoms with Gasteiger partial charge in [-0.15, -0.1) is 21.5 Å². The van der Waals surface area contributed by atoms with Crippen molar-refractivity contribution in [3.63, 3.8) is 0 Å². The number of hydrogen-bond donors (Lipinski definition) is 1. The quantitative estimate of drug-likeness (QED) is 0.0948. The number of thiophene rings is 1. The summed E-state index contributed by atoms with van der Waals surface area (Å²) in [6, 6.07) is 17.8. The van der Waals surface area contributed by atoms with Gasteiger partial charge in [0.05, 0.1) is 10.5 Å². The van der Waals surface area contributed by atoms with Crippen LogP contribution < -0.4 is 5.32 Å². The Bertz CT molecular complexity index is 1950. The molecule has 1 atom stereocenters. The maximum Gasteiger partial charge on any atom is 0.270 e. The number of aliphatic imine (C=N–C) groups is 1. The number of anilines is 1. The molecule has 47 heavy (non-hydrogen) atoms. The number of nitro groups is 1. The Labute approximate surface area is 281 Å². The smallest absolute Gasteiger partial charge is 0.270 e. The Hall–Kier alpha value is -4.68. The Balaban J connectivity index is 1.39. The molecule has 1 aliphatic carbocycles. The summed E-state index contributed by atoms with van der Waals surface area (Å²) in [5.41, 5.74) is 3.86. The first-order chi connectivity index (χ1) is 22.6. The first-order valence-corrected chi connectivity index (χ1v) is 17.1. The number of carbonyl (C=O) groups excluding carboxylic acids is 1. The third-order valence-corrected chi connectivity index (χ3v) is 10.7. The van der Waals surface area contributed by atoms with Gasteiger partial charge in [-0.1, -0.05) is 39.0 Å². The van der Waals surface area contributed by atoms with Crippen LogP contribution in [0.4, 0.5) is 16.4 Å². The van der Waals surface area contributed by atoms with Gasteiger partial charge in [-0.2, -0.15) is 0 Å². The van der Waals surface area contributed by atoms with Crippen molar-refractivity contribution < 1.29 is 9.72 Å². The number of fused-ring (bicyclic) bond motifs is 1. The zero-order chi connectivity index (χ0) is 33.1. The molecule has 2 aromatic carbocycles. The molecule has 0 radical (unpaired) electrons. The van der Waals surface area contributed by atoms with Crippen LogP contribution in [0.5, 0.6) is 0 Å². The van der Waals surface area contributed by atoms with E-state index in [-0.39, 0.29) is 17.0 Å². The van der Waals surface area contributed by atoms with Crippen molar-refractivity contribution in [2.45, 2.75) is 63.6 Å². The molecule has 0 unspecified atom stereocenters. The van der Waals surface area contributed by atoms with E-state index in [4.69, 9.17) is 4.99 Å². The van der Waals surface area contributed by atoms with Gasteiger partial charge in [0.1, 0.15) is 5.00 Å². The molecule has 240 valence electrons. The highest BCUT2D eigenvalue weighted by Gasteiger charge is 2.34. The highest BCUT2D eigenvalue weighted by molar-refractivity contribution is 7.99. The number of para-hydroxylation sites is 1. The number of benzene rings is 2. The van der Waals surface area contributed by atoms with Crippen LogP contribution in [-0.4, -0.2) is 36.8 Å². The van der Waals surface area contributed by atoms with Gasteiger partial charge in [-0.05, 0) is 85.2 Å². The van der Waals surface area contributed by atoms with E-state index in [1.54, 1.807) is 24.7 Å².